The van der Waals surface area contributed by atoms with Crippen LogP contribution in [0.25, 0.3) is 0 Å². The van der Waals surface area contributed by atoms with Crippen molar-refractivity contribution in [3.63, 3.8) is 0 Å². The fraction of sp³-hybridized carbons (Fsp3) is 0.312. The van der Waals surface area contributed by atoms with E-state index in [1.807, 2.05) is 11.4 Å². The van der Waals surface area contributed by atoms with Crippen LogP contribution in [0.15, 0.2) is 46.7 Å². The first-order valence-corrected chi connectivity index (χ1v) is 9.44. The van der Waals surface area contributed by atoms with Crippen molar-refractivity contribution in [2.45, 2.75) is 30.1 Å². The second-order valence-electron chi connectivity index (χ2n) is 5.66. The maximum Gasteiger partial charge on any atom is 0.240 e. The molecular formula is C16H17NO3S2. The molecule has 0 spiro atoms. The predicted octanol–water partition coefficient (Wildman–Crippen LogP) is 2.96. The lowest BCUT2D eigenvalue weighted by Gasteiger charge is -2.14. The Hall–Kier alpha value is -1.50. The molecular weight excluding hydrogens is 318 g/mol. The molecule has 2 aromatic rings. The highest BCUT2D eigenvalue weighted by Gasteiger charge is 2.45. The first-order chi connectivity index (χ1) is 10.4. The van der Waals surface area contributed by atoms with Gasteiger partial charge in [0, 0.05) is 22.4 Å². The molecule has 0 saturated heterocycles. The average Bonchev–Trinajstić information content (AvgIpc) is 3.09. The van der Waals surface area contributed by atoms with E-state index in [2.05, 4.69) is 10.8 Å². The second kappa shape index (κ2) is 5.61. The number of benzene rings is 1. The summed E-state index contributed by atoms with van der Waals surface area (Å²) in [5, 5.41) is 2.02. The number of thiophene rings is 1. The summed E-state index contributed by atoms with van der Waals surface area (Å²) in [6, 6.07) is 10.1. The largest absolute Gasteiger partial charge is 0.295 e. The van der Waals surface area contributed by atoms with Crippen molar-refractivity contribution in [3.05, 3.63) is 52.2 Å². The molecule has 0 amide bonds. The quantitative estimate of drug-likeness (QED) is 0.826. The van der Waals surface area contributed by atoms with Crippen LogP contribution >= 0.6 is 11.3 Å². The molecule has 0 bridgehead atoms. The molecule has 1 fully saturated rings. The topological polar surface area (TPSA) is 63.2 Å². The molecule has 3 rings (SSSR count). The highest BCUT2D eigenvalue weighted by Crippen LogP contribution is 2.49. The number of hydrogen-bond acceptors (Lipinski definition) is 4. The van der Waals surface area contributed by atoms with Crippen LogP contribution in [0.5, 0.6) is 0 Å². The SMILES string of the molecule is CC(=O)c1ccc(S(=O)(=O)NCC2(c3cccs3)CC2)cc1. The lowest BCUT2D eigenvalue weighted by molar-refractivity contribution is 0.101. The molecule has 0 aliphatic heterocycles. The van der Waals surface area contributed by atoms with E-state index in [0.717, 1.165) is 12.8 Å². The lowest BCUT2D eigenvalue weighted by atomic mass is 10.1. The van der Waals surface area contributed by atoms with Crippen molar-refractivity contribution in [2.75, 3.05) is 6.54 Å². The van der Waals surface area contributed by atoms with Gasteiger partial charge in [-0.2, -0.15) is 0 Å². The zero-order chi connectivity index (χ0) is 15.8. The number of rotatable bonds is 6. The van der Waals surface area contributed by atoms with Gasteiger partial charge in [-0.25, -0.2) is 13.1 Å². The van der Waals surface area contributed by atoms with Gasteiger partial charge in [-0.3, -0.25) is 4.79 Å². The van der Waals surface area contributed by atoms with Crippen LogP contribution in [-0.4, -0.2) is 20.7 Å². The molecule has 116 valence electrons. The number of ketones is 1. The van der Waals surface area contributed by atoms with E-state index in [-0.39, 0.29) is 16.1 Å². The highest BCUT2D eigenvalue weighted by molar-refractivity contribution is 7.89. The summed E-state index contributed by atoms with van der Waals surface area (Å²) in [5.74, 6) is -0.0773. The third-order valence-corrected chi connectivity index (χ3v) is 6.60. The minimum absolute atomic E-state index is 0.0272. The summed E-state index contributed by atoms with van der Waals surface area (Å²) in [5.41, 5.74) is 0.483. The van der Waals surface area contributed by atoms with E-state index in [4.69, 9.17) is 0 Å². The molecule has 1 heterocycles. The first kappa shape index (κ1) is 15.4. The molecule has 1 aliphatic carbocycles. The van der Waals surface area contributed by atoms with Crippen molar-refractivity contribution in [2.24, 2.45) is 0 Å². The van der Waals surface area contributed by atoms with Gasteiger partial charge in [-0.05, 0) is 43.3 Å². The Morgan fingerprint density at radius 2 is 1.91 bits per heavy atom. The van der Waals surface area contributed by atoms with Gasteiger partial charge in [0.25, 0.3) is 0 Å². The molecule has 0 unspecified atom stereocenters. The number of carbonyl (C=O) groups is 1. The van der Waals surface area contributed by atoms with Gasteiger partial charge in [0.2, 0.25) is 10.0 Å². The average molecular weight is 335 g/mol. The molecule has 1 N–H and O–H groups in total. The number of hydrogen-bond donors (Lipinski definition) is 1. The van der Waals surface area contributed by atoms with Crippen LogP contribution < -0.4 is 4.72 Å². The van der Waals surface area contributed by atoms with Crippen LogP contribution in [0.1, 0.15) is 35.0 Å². The standard InChI is InChI=1S/C16H17NO3S2/c1-12(18)13-4-6-14(7-5-13)22(19,20)17-11-16(8-9-16)15-3-2-10-21-15/h2-7,10,17H,8-9,11H2,1H3. The molecule has 1 aliphatic rings. The lowest BCUT2D eigenvalue weighted by Crippen LogP contribution is -2.31. The maximum absolute atomic E-state index is 12.4. The number of nitrogens with one attached hydrogen (secondary N) is 1. The van der Waals surface area contributed by atoms with Crippen molar-refractivity contribution in [1.29, 1.82) is 0 Å². The Morgan fingerprint density at radius 3 is 2.41 bits per heavy atom. The van der Waals surface area contributed by atoms with E-state index in [1.165, 1.54) is 23.9 Å². The number of sulfonamides is 1. The third kappa shape index (κ3) is 2.99. The van der Waals surface area contributed by atoms with Crippen molar-refractivity contribution in [1.82, 2.24) is 4.72 Å². The van der Waals surface area contributed by atoms with Crippen LogP contribution in [0, 0.1) is 0 Å². The van der Waals surface area contributed by atoms with Gasteiger partial charge >= 0.3 is 0 Å². The summed E-state index contributed by atoms with van der Waals surface area (Å²) in [4.78, 5) is 12.7. The molecule has 1 saturated carbocycles. The molecule has 1 aromatic carbocycles. The summed E-state index contributed by atoms with van der Waals surface area (Å²) in [7, 11) is -3.54. The van der Waals surface area contributed by atoms with Gasteiger partial charge in [0.05, 0.1) is 4.90 Å². The van der Waals surface area contributed by atoms with E-state index < -0.39 is 10.0 Å². The Bertz CT molecular complexity index is 773. The third-order valence-electron chi connectivity index (χ3n) is 4.07. The summed E-state index contributed by atoms with van der Waals surface area (Å²) in [6.07, 6.45) is 2.03. The van der Waals surface area contributed by atoms with Gasteiger partial charge in [-0.1, -0.05) is 18.2 Å². The number of carbonyl (C=O) groups excluding carboxylic acids is 1. The van der Waals surface area contributed by atoms with Gasteiger partial charge in [0.1, 0.15) is 0 Å². The minimum atomic E-state index is -3.54. The molecule has 4 nitrogen and oxygen atoms in total. The van der Waals surface area contributed by atoms with Crippen LogP contribution in [-0.2, 0) is 15.4 Å². The molecule has 0 atom stereocenters. The summed E-state index contributed by atoms with van der Waals surface area (Å²) < 4.78 is 27.4. The van der Waals surface area contributed by atoms with E-state index >= 15 is 0 Å². The number of Topliss-reactive ketones (excluding diaryl/α,β-unsaturated/α-hetero) is 1. The zero-order valence-corrected chi connectivity index (χ0v) is 13.8. The smallest absolute Gasteiger partial charge is 0.240 e. The van der Waals surface area contributed by atoms with Crippen LogP contribution in [0.4, 0.5) is 0 Å². The van der Waals surface area contributed by atoms with Crippen molar-refractivity contribution in [3.8, 4) is 0 Å². The highest BCUT2D eigenvalue weighted by atomic mass is 32.2. The van der Waals surface area contributed by atoms with Crippen LogP contribution in [0.3, 0.4) is 0 Å². The van der Waals surface area contributed by atoms with Crippen molar-refractivity contribution >= 4 is 27.1 Å². The van der Waals surface area contributed by atoms with Gasteiger partial charge < -0.3 is 0 Å². The molecule has 6 heteroatoms. The zero-order valence-electron chi connectivity index (χ0n) is 12.2. The fourth-order valence-corrected chi connectivity index (χ4v) is 4.54. The van der Waals surface area contributed by atoms with E-state index in [1.54, 1.807) is 23.5 Å². The molecule has 22 heavy (non-hydrogen) atoms. The minimum Gasteiger partial charge on any atom is -0.295 e. The van der Waals surface area contributed by atoms with Crippen LogP contribution in [0.2, 0.25) is 0 Å². The predicted molar refractivity (Wildman–Crippen MR) is 86.9 cm³/mol. The van der Waals surface area contributed by atoms with E-state index in [9.17, 15) is 13.2 Å². The van der Waals surface area contributed by atoms with Gasteiger partial charge in [-0.15, -0.1) is 11.3 Å². The maximum atomic E-state index is 12.4. The summed E-state index contributed by atoms with van der Waals surface area (Å²) in [6.45, 7) is 1.88. The summed E-state index contributed by atoms with van der Waals surface area (Å²) >= 11 is 1.67. The normalized spacial score (nSPS) is 16.4. The first-order valence-electron chi connectivity index (χ1n) is 7.08. The monoisotopic (exact) mass is 335 g/mol. The second-order valence-corrected chi connectivity index (χ2v) is 8.38. The van der Waals surface area contributed by atoms with E-state index in [0.29, 0.717) is 12.1 Å². The Kier molecular flexibility index (Phi) is 3.92. The van der Waals surface area contributed by atoms with Crippen molar-refractivity contribution < 1.29 is 13.2 Å². The fourth-order valence-electron chi connectivity index (χ4n) is 2.43. The van der Waals surface area contributed by atoms with Gasteiger partial charge in [0.15, 0.2) is 5.78 Å². The molecule has 1 aromatic heterocycles. The Morgan fingerprint density at radius 1 is 1.23 bits per heavy atom. The molecule has 0 radical (unpaired) electrons. The Balaban J connectivity index is 1.73. The Labute approximate surface area is 134 Å².